The van der Waals surface area contributed by atoms with Crippen LogP contribution >= 0.6 is 0 Å². The number of aromatic nitrogens is 2. The number of benzene rings is 4. The summed E-state index contributed by atoms with van der Waals surface area (Å²) in [6, 6.07) is 18.1. The topological polar surface area (TPSA) is 173 Å². The van der Waals surface area contributed by atoms with Crippen LogP contribution in [0.25, 0.3) is 22.0 Å². The van der Waals surface area contributed by atoms with E-state index in [1.807, 2.05) is 77.0 Å². The van der Waals surface area contributed by atoms with Crippen LogP contribution in [0, 0.1) is 6.92 Å². The molecule has 1 heterocycles. The maximum absolute atomic E-state index is 13.8. The summed E-state index contributed by atoms with van der Waals surface area (Å²) in [7, 11) is 4.62. The molecule has 15 heteroatoms. The Morgan fingerprint density at radius 3 is 2.14 bits per heavy atom. The summed E-state index contributed by atoms with van der Waals surface area (Å²) in [6.07, 6.45) is 2.77. The first-order valence-electron chi connectivity index (χ1n) is 17.8. The lowest BCUT2D eigenvalue weighted by molar-refractivity contribution is 0.0944. The van der Waals surface area contributed by atoms with Gasteiger partial charge in [-0.3, -0.25) is 14.3 Å². The van der Waals surface area contributed by atoms with Crippen molar-refractivity contribution < 1.29 is 32.2 Å². The number of methoxy groups -OCH3 is 3. The van der Waals surface area contributed by atoms with E-state index in [-0.39, 0.29) is 28.3 Å². The summed E-state index contributed by atoms with van der Waals surface area (Å²) in [5.74, 6) is 0.478. The maximum atomic E-state index is 13.8. The van der Waals surface area contributed by atoms with Gasteiger partial charge >= 0.3 is 0 Å². The minimum absolute atomic E-state index is 0.196. The highest BCUT2D eigenvalue weighted by Crippen LogP contribution is 2.40. The van der Waals surface area contributed by atoms with Crippen molar-refractivity contribution in [3.63, 3.8) is 0 Å². The Kier molecular flexibility index (Phi) is 12.4. The molecule has 0 atom stereocenters. The summed E-state index contributed by atoms with van der Waals surface area (Å²) >= 11 is 0. The molecule has 5 rings (SSSR count). The lowest BCUT2D eigenvalue weighted by Crippen LogP contribution is -2.31. The first-order chi connectivity index (χ1) is 26.4. The lowest BCUT2D eigenvalue weighted by atomic mass is 9.86. The van der Waals surface area contributed by atoms with E-state index in [4.69, 9.17) is 19.2 Å². The van der Waals surface area contributed by atoms with E-state index in [9.17, 15) is 18.0 Å². The largest absolute Gasteiger partial charge is 0.496 e. The molecule has 2 amide bonds. The molecule has 56 heavy (non-hydrogen) atoms. The van der Waals surface area contributed by atoms with E-state index >= 15 is 0 Å². The van der Waals surface area contributed by atoms with Crippen molar-refractivity contribution in [3.8, 4) is 28.4 Å². The van der Waals surface area contributed by atoms with Gasteiger partial charge in [-0.1, -0.05) is 32.9 Å². The molecule has 0 radical (unpaired) electrons. The van der Waals surface area contributed by atoms with Crippen molar-refractivity contribution >= 4 is 55.8 Å². The number of fused-ring (bicyclic) bond motifs is 1. The number of likely N-dealkylation sites (N-methyl/N-ethyl adjacent to an activating group) is 1. The van der Waals surface area contributed by atoms with Crippen molar-refractivity contribution in [2.75, 3.05) is 70.1 Å². The second-order valence-corrected chi connectivity index (χ2v) is 16.4. The van der Waals surface area contributed by atoms with E-state index in [0.717, 1.165) is 33.9 Å². The maximum Gasteiger partial charge on any atom is 0.258 e. The number of ether oxygens (including phenoxy) is 3. The summed E-state index contributed by atoms with van der Waals surface area (Å²) in [4.78, 5) is 38.0. The highest BCUT2D eigenvalue weighted by molar-refractivity contribution is 7.92. The third kappa shape index (κ3) is 9.83. The predicted molar refractivity (Wildman–Crippen MR) is 222 cm³/mol. The van der Waals surface area contributed by atoms with Crippen molar-refractivity contribution in [1.82, 2.24) is 20.2 Å². The number of nitrogens with zero attached hydrogens (tertiary/aromatic N) is 3. The van der Waals surface area contributed by atoms with E-state index in [1.54, 1.807) is 36.5 Å². The Morgan fingerprint density at radius 2 is 1.54 bits per heavy atom. The van der Waals surface area contributed by atoms with E-state index in [0.29, 0.717) is 53.0 Å². The molecule has 0 aliphatic heterocycles. The summed E-state index contributed by atoms with van der Waals surface area (Å²) in [5.41, 5.74) is 5.57. The van der Waals surface area contributed by atoms with Gasteiger partial charge in [-0.25, -0.2) is 18.4 Å². The normalized spacial score (nSPS) is 11.6. The van der Waals surface area contributed by atoms with Crippen molar-refractivity contribution in [2.24, 2.45) is 0 Å². The molecule has 0 saturated carbocycles. The summed E-state index contributed by atoms with van der Waals surface area (Å²) < 4.78 is 43.6. The molecule has 14 nitrogen and oxygen atoms in total. The van der Waals surface area contributed by atoms with Crippen LogP contribution in [0.2, 0.25) is 0 Å². The Morgan fingerprint density at radius 1 is 0.857 bits per heavy atom. The highest BCUT2D eigenvalue weighted by atomic mass is 32.2. The van der Waals surface area contributed by atoms with Gasteiger partial charge in [0.25, 0.3) is 11.8 Å². The number of aryl methyl sites for hydroxylation is 1. The smallest absolute Gasteiger partial charge is 0.258 e. The van der Waals surface area contributed by atoms with Crippen molar-refractivity contribution in [1.29, 1.82) is 0 Å². The van der Waals surface area contributed by atoms with Gasteiger partial charge in [0.2, 0.25) is 16.0 Å². The Balaban J connectivity index is 1.40. The molecule has 1 aromatic heterocycles. The average molecular weight is 784 g/mol. The Bertz CT molecular complexity index is 2370. The number of hydrogen-bond acceptors (Lipinski definition) is 11. The van der Waals surface area contributed by atoms with Gasteiger partial charge in [-0.15, -0.1) is 0 Å². The van der Waals surface area contributed by atoms with Crippen LogP contribution < -0.4 is 34.9 Å². The molecule has 0 fully saturated rings. The molecule has 4 N–H and O–H groups in total. The fourth-order valence-corrected chi connectivity index (χ4v) is 6.55. The molecule has 0 aliphatic carbocycles. The standard InChI is InChI=1S/C41H49N7O7S/c1-24-11-12-26(38(49)45-32-19-28(41(2,3)4)20-33(37(32)55-9)47-56(10,51)52)18-30(24)25-13-14-31-27(17-25)23-43-40(46-31)44-29-21-34(53-7)36(35(22-29)54-8)39(50)42-15-16-48(5)6/h11-14,17-23,47H,15-16H2,1-10H3,(H,42,50)(H,45,49)(H,43,44,46). The number of sulfonamides is 1. The lowest BCUT2D eigenvalue weighted by Gasteiger charge is -2.24. The molecule has 0 bridgehead atoms. The van der Waals surface area contributed by atoms with Crippen molar-refractivity contribution in [3.05, 3.63) is 89.1 Å². The fraction of sp³-hybridized carbons (Fsp3) is 0.317. The Labute approximate surface area is 328 Å². The van der Waals surface area contributed by atoms with Crippen LogP contribution in [0.1, 0.15) is 52.6 Å². The Hall–Kier alpha value is -5.93. The molecule has 0 unspecified atom stereocenters. The highest BCUT2D eigenvalue weighted by Gasteiger charge is 2.24. The molecular formula is C41H49N7O7S. The van der Waals surface area contributed by atoms with Gasteiger partial charge < -0.3 is 35.1 Å². The van der Waals surface area contributed by atoms with Crippen LogP contribution in [0.3, 0.4) is 0 Å². The minimum atomic E-state index is -3.63. The number of nitrogens with one attached hydrogen (secondary N) is 4. The molecule has 5 aromatic rings. The third-order valence-corrected chi connectivity index (χ3v) is 9.52. The molecule has 4 aromatic carbocycles. The third-order valence-electron chi connectivity index (χ3n) is 8.93. The van der Waals surface area contributed by atoms with E-state index in [1.165, 1.54) is 21.3 Å². The quantitative estimate of drug-likeness (QED) is 0.0958. The van der Waals surface area contributed by atoms with Gasteiger partial charge in [-0.2, -0.15) is 0 Å². The summed E-state index contributed by atoms with van der Waals surface area (Å²) in [6.45, 7) is 9.09. The zero-order chi connectivity index (χ0) is 40.9. The van der Waals surface area contributed by atoms with Crippen LogP contribution in [-0.2, 0) is 15.4 Å². The first-order valence-corrected chi connectivity index (χ1v) is 19.6. The fourth-order valence-electron chi connectivity index (χ4n) is 6.00. The van der Waals surface area contributed by atoms with Crippen LogP contribution in [0.5, 0.6) is 17.2 Å². The minimum Gasteiger partial charge on any atom is -0.496 e. The zero-order valence-corrected chi connectivity index (χ0v) is 34.2. The zero-order valence-electron chi connectivity index (χ0n) is 33.4. The number of anilines is 4. The molecule has 0 spiro atoms. The van der Waals surface area contributed by atoms with Gasteiger partial charge in [0, 0.05) is 48.1 Å². The molecule has 296 valence electrons. The van der Waals surface area contributed by atoms with Gasteiger partial charge in [0.15, 0.2) is 5.75 Å². The molecule has 0 aliphatic rings. The number of carbonyl (C=O) groups is 2. The number of rotatable bonds is 14. The number of carbonyl (C=O) groups excluding carboxylic acids is 2. The van der Waals surface area contributed by atoms with Gasteiger partial charge in [0.1, 0.15) is 17.1 Å². The monoisotopic (exact) mass is 783 g/mol. The molecular weight excluding hydrogens is 735 g/mol. The predicted octanol–water partition coefficient (Wildman–Crippen LogP) is 6.59. The van der Waals surface area contributed by atoms with Crippen molar-refractivity contribution in [2.45, 2.75) is 33.1 Å². The number of amides is 2. The average Bonchev–Trinajstić information content (AvgIpc) is 3.13. The van der Waals surface area contributed by atoms with E-state index < -0.39 is 15.9 Å². The first kappa shape index (κ1) is 41.2. The van der Waals surface area contributed by atoms with Gasteiger partial charge in [-0.05, 0) is 85.1 Å². The van der Waals surface area contributed by atoms with E-state index in [2.05, 4.69) is 25.7 Å². The molecule has 0 saturated heterocycles. The van der Waals surface area contributed by atoms with Gasteiger partial charge in [0.05, 0.1) is 44.5 Å². The van der Waals surface area contributed by atoms with Crippen LogP contribution in [-0.4, -0.2) is 89.9 Å². The second kappa shape index (κ2) is 16.8. The number of hydrogen-bond donors (Lipinski definition) is 4. The summed E-state index contributed by atoms with van der Waals surface area (Å²) in [5, 5.41) is 9.80. The van der Waals surface area contributed by atoms with Crippen LogP contribution in [0.15, 0.2) is 66.9 Å². The van der Waals surface area contributed by atoms with Crippen LogP contribution in [0.4, 0.5) is 23.0 Å². The second-order valence-electron chi connectivity index (χ2n) is 14.6. The SMILES string of the molecule is COc1cc(Nc2ncc3cc(-c4cc(C(=O)Nc5cc(C(C)(C)C)cc(NS(C)(=O)=O)c5OC)ccc4C)ccc3n2)cc(OC)c1C(=O)NCCN(C)C.